The number of carbonyl (C=O) groups excluding carboxylic acids is 3. The molecule has 2 rings (SSSR count). The van der Waals surface area contributed by atoms with E-state index >= 15 is 0 Å². The minimum Gasteiger partial charge on any atom is -0.462 e. The molecule has 0 saturated carbocycles. The van der Waals surface area contributed by atoms with Crippen LogP contribution in [0.25, 0.3) is 0 Å². The molecule has 16 heavy (non-hydrogen) atoms. The molecular formula is C10H12N2O4. The predicted molar refractivity (Wildman–Crippen MR) is 53.0 cm³/mol. The van der Waals surface area contributed by atoms with Crippen LogP contribution in [0.1, 0.15) is 13.3 Å². The first-order valence-electron chi connectivity index (χ1n) is 5.08. The third kappa shape index (κ3) is 1.66. The predicted octanol–water partition coefficient (Wildman–Crippen LogP) is -0.834. The molecule has 6 heteroatoms. The van der Waals surface area contributed by atoms with Gasteiger partial charge in [0.15, 0.2) is 0 Å². The Kier molecular flexibility index (Phi) is 2.64. The van der Waals surface area contributed by atoms with Gasteiger partial charge in [-0.1, -0.05) is 0 Å². The topological polar surface area (TPSA) is 75.7 Å². The van der Waals surface area contributed by atoms with Crippen molar-refractivity contribution in [3.8, 4) is 0 Å². The number of nitrogens with one attached hydrogen (secondary N) is 1. The van der Waals surface area contributed by atoms with Gasteiger partial charge >= 0.3 is 5.97 Å². The third-order valence-electron chi connectivity index (χ3n) is 2.60. The lowest BCUT2D eigenvalue weighted by molar-refractivity contribution is -0.136. The fourth-order valence-corrected chi connectivity index (χ4v) is 1.86. The number of cyclic esters (lactones) is 1. The molecule has 86 valence electrons. The van der Waals surface area contributed by atoms with Gasteiger partial charge < -0.3 is 15.0 Å². The second kappa shape index (κ2) is 3.96. The molecular weight excluding hydrogens is 212 g/mol. The fraction of sp³-hybridized carbons (Fsp3) is 0.500. The monoisotopic (exact) mass is 224 g/mol. The second-order valence-electron chi connectivity index (χ2n) is 3.64. The largest absolute Gasteiger partial charge is 0.462 e. The van der Waals surface area contributed by atoms with E-state index in [9.17, 15) is 14.4 Å². The molecule has 2 aliphatic rings. The first kappa shape index (κ1) is 10.7. The Balaban J connectivity index is 2.43. The molecule has 0 atom stereocenters. The zero-order valence-corrected chi connectivity index (χ0v) is 8.91. The van der Waals surface area contributed by atoms with Crippen LogP contribution in [-0.4, -0.2) is 42.4 Å². The Morgan fingerprint density at radius 2 is 2.19 bits per heavy atom. The molecule has 2 amide bonds. The van der Waals surface area contributed by atoms with E-state index in [1.807, 2.05) is 0 Å². The summed E-state index contributed by atoms with van der Waals surface area (Å²) in [6.07, 6.45) is 0.380. The van der Waals surface area contributed by atoms with E-state index in [-0.39, 0.29) is 24.1 Å². The summed E-state index contributed by atoms with van der Waals surface area (Å²) in [6, 6.07) is 0. The molecule has 2 fully saturated rings. The highest BCUT2D eigenvalue weighted by atomic mass is 16.5. The zero-order chi connectivity index (χ0) is 11.7. The van der Waals surface area contributed by atoms with Crippen molar-refractivity contribution < 1.29 is 19.1 Å². The Bertz CT molecular complexity index is 400. The normalized spacial score (nSPS) is 25.4. The van der Waals surface area contributed by atoms with Gasteiger partial charge in [-0.2, -0.15) is 0 Å². The Labute approximate surface area is 92.2 Å². The van der Waals surface area contributed by atoms with Crippen molar-refractivity contribution in [1.29, 1.82) is 0 Å². The van der Waals surface area contributed by atoms with Crippen LogP contribution in [0.4, 0.5) is 0 Å². The summed E-state index contributed by atoms with van der Waals surface area (Å²) in [7, 11) is 0. The average Bonchev–Trinajstić information content (AvgIpc) is 2.64. The Hall–Kier alpha value is -1.85. The molecule has 0 spiro atoms. The summed E-state index contributed by atoms with van der Waals surface area (Å²) in [6.45, 7) is 2.45. The number of hydrogen-bond acceptors (Lipinski definition) is 4. The average molecular weight is 224 g/mol. The first-order chi connectivity index (χ1) is 7.61. The maximum atomic E-state index is 11.7. The summed E-state index contributed by atoms with van der Waals surface area (Å²) >= 11 is 0. The molecule has 2 heterocycles. The van der Waals surface area contributed by atoms with Gasteiger partial charge in [0.05, 0.1) is 12.2 Å². The minimum absolute atomic E-state index is 0.154. The van der Waals surface area contributed by atoms with Gasteiger partial charge in [0.1, 0.15) is 5.70 Å². The summed E-state index contributed by atoms with van der Waals surface area (Å²) in [5, 5.41) is 2.62. The van der Waals surface area contributed by atoms with Gasteiger partial charge in [-0.05, 0) is 0 Å². The molecule has 0 unspecified atom stereocenters. The Morgan fingerprint density at radius 1 is 1.44 bits per heavy atom. The number of rotatable bonds is 0. The van der Waals surface area contributed by atoms with Crippen LogP contribution in [0, 0.1) is 0 Å². The highest BCUT2D eigenvalue weighted by molar-refractivity contribution is 6.06. The van der Waals surface area contributed by atoms with Crippen molar-refractivity contribution in [3.63, 3.8) is 0 Å². The summed E-state index contributed by atoms with van der Waals surface area (Å²) in [5.74, 6) is -1.12. The highest BCUT2D eigenvalue weighted by Crippen LogP contribution is 2.22. The maximum absolute atomic E-state index is 11.7. The van der Waals surface area contributed by atoms with E-state index in [0.717, 1.165) is 0 Å². The number of hydrogen-bond donors (Lipinski definition) is 1. The Morgan fingerprint density at radius 3 is 2.75 bits per heavy atom. The fourth-order valence-electron chi connectivity index (χ4n) is 1.86. The number of esters is 1. The van der Waals surface area contributed by atoms with Crippen molar-refractivity contribution in [2.24, 2.45) is 0 Å². The molecule has 1 N–H and O–H groups in total. The van der Waals surface area contributed by atoms with Crippen molar-refractivity contribution >= 4 is 17.8 Å². The lowest BCUT2D eigenvalue weighted by Gasteiger charge is -2.29. The van der Waals surface area contributed by atoms with Gasteiger partial charge in [-0.15, -0.1) is 0 Å². The van der Waals surface area contributed by atoms with E-state index < -0.39 is 5.97 Å². The summed E-state index contributed by atoms with van der Waals surface area (Å²) in [4.78, 5) is 35.8. The standard InChI is InChI=1S/C10H12N2O4/c1-6(13)12-4-3-11-9(14)8(12)7-2-5-16-10(7)15/h2-5H2,1H3,(H,11,14). The van der Waals surface area contributed by atoms with Gasteiger partial charge in [-0.3, -0.25) is 9.59 Å². The number of piperazine rings is 1. The van der Waals surface area contributed by atoms with Gasteiger partial charge in [-0.25, -0.2) is 4.79 Å². The van der Waals surface area contributed by atoms with Crippen LogP contribution in [-0.2, 0) is 19.1 Å². The van der Waals surface area contributed by atoms with E-state index in [2.05, 4.69) is 5.32 Å². The van der Waals surface area contributed by atoms with Crippen LogP contribution >= 0.6 is 0 Å². The molecule has 0 aliphatic carbocycles. The zero-order valence-electron chi connectivity index (χ0n) is 8.91. The second-order valence-corrected chi connectivity index (χ2v) is 3.64. The van der Waals surface area contributed by atoms with E-state index in [1.165, 1.54) is 11.8 Å². The highest BCUT2D eigenvalue weighted by Gasteiger charge is 2.33. The molecule has 6 nitrogen and oxygen atoms in total. The van der Waals surface area contributed by atoms with Crippen molar-refractivity contribution in [1.82, 2.24) is 10.2 Å². The molecule has 0 aromatic rings. The van der Waals surface area contributed by atoms with E-state index in [0.29, 0.717) is 25.1 Å². The smallest absolute Gasteiger partial charge is 0.336 e. The van der Waals surface area contributed by atoms with Crippen LogP contribution in [0.5, 0.6) is 0 Å². The minimum atomic E-state index is -0.502. The third-order valence-corrected chi connectivity index (χ3v) is 2.60. The molecule has 0 radical (unpaired) electrons. The molecule has 0 aromatic carbocycles. The van der Waals surface area contributed by atoms with E-state index in [1.54, 1.807) is 0 Å². The number of amides is 2. The number of carbonyl (C=O) groups is 3. The van der Waals surface area contributed by atoms with Crippen LogP contribution in [0.2, 0.25) is 0 Å². The first-order valence-corrected chi connectivity index (χ1v) is 5.08. The lowest BCUT2D eigenvalue weighted by atomic mass is 10.1. The van der Waals surface area contributed by atoms with Crippen molar-refractivity contribution in [2.75, 3.05) is 19.7 Å². The van der Waals surface area contributed by atoms with Crippen molar-refractivity contribution in [3.05, 3.63) is 11.3 Å². The van der Waals surface area contributed by atoms with E-state index in [4.69, 9.17) is 4.74 Å². The van der Waals surface area contributed by atoms with Crippen molar-refractivity contribution in [2.45, 2.75) is 13.3 Å². The molecule has 0 aromatic heterocycles. The molecule has 2 aliphatic heterocycles. The molecule has 0 bridgehead atoms. The molecule has 2 saturated heterocycles. The maximum Gasteiger partial charge on any atom is 0.336 e. The SMILES string of the molecule is CC(=O)N1CCNC(=O)C1=C1CCOC1=O. The summed E-state index contributed by atoms with van der Waals surface area (Å²) in [5.41, 5.74) is 0.452. The van der Waals surface area contributed by atoms with Crippen LogP contribution < -0.4 is 5.32 Å². The van der Waals surface area contributed by atoms with Crippen LogP contribution in [0.15, 0.2) is 11.3 Å². The summed E-state index contributed by atoms with van der Waals surface area (Å²) < 4.78 is 4.78. The number of ether oxygens (including phenoxy) is 1. The van der Waals surface area contributed by atoms with Gasteiger partial charge in [0.2, 0.25) is 5.91 Å². The quantitative estimate of drug-likeness (QED) is 0.430. The lowest BCUT2D eigenvalue weighted by Crippen LogP contribution is -2.48. The number of nitrogens with zero attached hydrogens (tertiary/aromatic N) is 1. The van der Waals surface area contributed by atoms with Crippen LogP contribution in [0.3, 0.4) is 0 Å². The van der Waals surface area contributed by atoms with Gasteiger partial charge in [0.25, 0.3) is 5.91 Å². The van der Waals surface area contributed by atoms with Gasteiger partial charge in [0, 0.05) is 26.4 Å².